The van der Waals surface area contributed by atoms with Gasteiger partial charge in [0.15, 0.2) is 12.0 Å². The van der Waals surface area contributed by atoms with Crippen molar-refractivity contribution in [3.63, 3.8) is 0 Å². The molecule has 0 unspecified atom stereocenters. The molecule has 0 amide bonds. The summed E-state index contributed by atoms with van der Waals surface area (Å²) in [5, 5.41) is 0.822. The van der Waals surface area contributed by atoms with Gasteiger partial charge in [0.1, 0.15) is 36.1 Å². The molecule has 2 aliphatic rings. The topological polar surface area (TPSA) is 110 Å². The number of anilines is 1. The Morgan fingerprint density at radius 2 is 2.04 bits per heavy atom. The van der Waals surface area contributed by atoms with E-state index in [1.54, 1.807) is 0 Å². The average molecular weight is 431 g/mol. The number of fused-ring (bicyclic) bond motifs is 2. The summed E-state index contributed by atoms with van der Waals surface area (Å²) in [6.07, 6.45) is 2.37. The van der Waals surface area contributed by atoms with E-state index in [0.29, 0.717) is 12.4 Å². The van der Waals surface area contributed by atoms with Crippen LogP contribution in [0.15, 0.2) is 12.5 Å². The highest BCUT2D eigenvalue weighted by atomic mass is 127. The summed E-state index contributed by atoms with van der Waals surface area (Å²) in [5.74, 6) is -0.207. The van der Waals surface area contributed by atoms with E-state index in [1.807, 2.05) is 24.6 Å². The summed E-state index contributed by atoms with van der Waals surface area (Å²) >= 11 is 2.22. The Balaban J connectivity index is 1.81. The van der Waals surface area contributed by atoms with Crippen molar-refractivity contribution in [1.82, 2.24) is 14.5 Å². The van der Waals surface area contributed by atoms with Gasteiger partial charge < -0.3 is 30.2 Å². The van der Waals surface area contributed by atoms with Gasteiger partial charge in [-0.2, -0.15) is 0 Å². The van der Waals surface area contributed by atoms with E-state index in [2.05, 4.69) is 32.6 Å². The molecule has 2 saturated heterocycles. The van der Waals surface area contributed by atoms with Crippen LogP contribution in [0.2, 0.25) is 0 Å². The lowest BCUT2D eigenvalue weighted by molar-refractivity contribution is -0.195. The molecule has 4 rings (SSSR count). The van der Waals surface area contributed by atoms with Crippen LogP contribution in [0.4, 0.5) is 5.82 Å². The Hall–Kier alpha value is -1.01. The number of hydrogen-bond acceptors (Lipinski definition) is 7. The molecule has 0 bridgehead atoms. The van der Waals surface area contributed by atoms with Crippen LogP contribution in [0, 0.1) is 3.57 Å². The van der Waals surface area contributed by atoms with Crippen LogP contribution >= 0.6 is 22.6 Å². The van der Waals surface area contributed by atoms with Crippen molar-refractivity contribution in [2.45, 2.75) is 44.2 Å². The second-order valence-corrected chi connectivity index (χ2v) is 7.37. The van der Waals surface area contributed by atoms with Gasteiger partial charge in [0.25, 0.3) is 0 Å². The molecule has 2 aromatic heterocycles. The van der Waals surface area contributed by atoms with Crippen molar-refractivity contribution < 1.29 is 14.2 Å². The molecule has 9 heteroatoms. The van der Waals surface area contributed by atoms with Gasteiger partial charge in [-0.25, -0.2) is 9.97 Å². The second-order valence-electron chi connectivity index (χ2n) is 6.21. The summed E-state index contributed by atoms with van der Waals surface area (Å²) < 4.78 is 21.0. The molecule has 4 heterocycles. The third kappa shape index (κ3) is 2.33. The summed E-state index contributed by atoms with van der Waals surface area (Å²) in [7, 11) is 0. The molecule has 0 saturated carbocycles. The Kier molecular flexibility index (Phi) is 3.54. The van der Waals surface area contributed by atoms with Crippen LogP contribution in [-0.2, 0) is 14.2 Å². The molecule has 2 aliphatic heterocycles. The predicted molar refractivity (Wildman–Crippen MR) is 91.4 cm³/mol. The zero-order chi connectivity index (χ0) is 16.4. The molecule has 23 heavy (non-hydrogen) atoms. The van der Waals surface area contributed by atoms with E-state index in [1.165, 1.54) is 6.33 Å². The van der Waals surface area contributed by atoms with Gasteiger partial charge in [-0.05, 0) is 36.4 Å². The van der Waals surface area contributed by atoms with Crippen molar-refractivity contribution in [2.75, 3.05) is 12.3 Å². The van der Waals surface area contributed by atoms with Gasteiger partial charge in [-0.3, -0.25) is 0 Å². The van der Waals surface area contributed by atoms with Gasteiger partial charge in [0.2, 0.25) is 0 Å². The SMILES string of the molecule is CC1(C)O[C@@H]2[C@H](O1)[C@H](CN)O[C@H]2n1cc(I)c2c(N)ncnc21. The fourth-order valence-electron chi connectivity index (χ4n) is 3.33. The first kappa shape index (κ1) is 15.5. The first-order chi connectivity index (χ1) is 10.9. The van der Waals surface area contributed by atoms with Crippen molar-refractivity contribution in [2.24, 2.45) is 5.73 Å². The fraction of sp³-hybridized carbons (Fsp3) is 0.571. The van der Waals surface area contributed by atoms with Crippen LogP contribution in [-0.4, -0.2) is 45.2 Å². The average Bonchev–Trinajstić information content (AvgIpc) is 3.08. The summed E-state index contributed by atoms with van der Waals surface area (Å²) in [5.41, 5.74) is 12.5. The Labute approximate surface area is 146 Å². The quantitative estimate of drug-likeness (QED) is 0.683. The third-order valence-corrected chi connectivity index (χ3v) is 5.04. The molecular formula is C14H18IN5O3. The van der Waals surface area contributed by atoms with Crippen molar-refractivity contribution in [3.05, 3.63) is 16.1 Å². The standard InChI is InChI=1S/C14H18IN5O3/c1-14(2)22-9-7(3-16)21-13(10(9)23-14)20-4-6(15)8-11(17)18-5-19-12(8)20/h4-5,7,9-10,13H,3,16H2,1-2H3,(H2,17,18,19)/t7-,9+,10+,13+/m0/s1. The van der Waals surface area contributed by atoms with Gasteiger partial charge >= 0.3 is 0 Å². The highest BCUT2D eigenvalue weighted by molar-refractivity contribution is 14.1. The highest BCUT2D eigenvalue weighted by Crippen LogP contribution is 2.44. The molecule has 8 nitrogen and oxygen atoms in total. The van der Waals surface area contributed by atoms with E-state index in [9.17, 15) is 0 Å². The smallest absolute Gasteiger partial charge is 0.164 e. The molecule has 4 N–H and O–H groups in total. The lowest BCUT2D eigenvalue weighted by Gasteiger charge is -2.24. The lowest BCUT2D eigenvalue weighted by Crippen LogP contribution is -2.34. The lowest BCUT2D eigenvalue weighted by atomic mass is 10.1. The Bertz CT molecular complexity index is 764. The molecule has 0 aromatic carbocycles. The Morgan fingerprint density at radius 3 is 2.78 bits per heavy atom. The van der Waals surface area contributed by atoms with Crippen molar-refractivity contribution in [3.8, 4) is 0 Å². The molecule has 4 atom stereocenters. The normalized spacial score (nSPS) is 32.5. The molecule has 2 aromatic rings. The number of nitrogens with two attached hydrogens (primary N) is 2. The van der Waals surface area contributed by atoms with Crippen molar-refractivity contribution >= 4 is 39.4 Å². The van der Waals surface area contributed by atoms with Crippen LogP contribution in [0.3, 0.4) is 0 Å². The van der Waals surface area contributed by atoms with Gasteiger partial charge in [0.05, 0.1) is 5.39 Å². The molecule has 0 radical (unpaired) electrons. The van der Waals surface area contributed by atoms with Gasteiger partial charge in [-0.1, -0.05) is 0 Å². The second kappa shape index (κ2) is 5.24. The summed E-state index contributed by atoms with van der Waals surface area (Å²) in [4.78, 5) is 8.43. The zero-order valence-corrected chi connectivity index (χ0v) is 14.9. The maximum Gasteiger partial charge on any atom is 0.164 e. The Morgan fingerprint density at radius 1 is 1.30 bits per heavy atom. The third-order valence-electron chi connectivity index (χ3n) is 4.22. The minimum atomic E-state index is -0.658. The number of rotatable bonds is 2. The maximum atomic E-state index is 6.10. The van der Waals surface area contributed by atoms with E-state index >= 15 is 0 Å². The number of nitrogen functional groups attached to an aromatic ring is 1. The van der Waals surface area contributed by atoms with E-state index in [0.717, 1.165) is 14.6 Å². The number of nitrogens with zero attached hydrogens (tertiary/aromatic N) is 3. The molecule has 2 fully saturated rings. The highest BCUT2D eigenvalue weighted by Gasteiger charge is 2.55. The minimum Gasteiger partial charge on any atom is -0.383 e. The summed E-state index contributed by atoms with van der Waals surface area (Å²) in [6.45, 7) is 4.16. The first-order valence-corrected chi connectivity index (χ1v) is 8.47. The van der Waals surface area contributed by atoms with Crippen molar-refractivity contribution in [1.29, 1.82) is 0 Å². The first-order valence-electron chi connectivity index (χ1n) is 7.39. The monoisotopic (exact) mass is 431 g/mol. The fourth-order valence-corrected chi connectivity index (χ4v) is 4.15. The number of aromatic nitrogens is 3. The zero-order valence-electron chi connectivity index (χ0n) is 12.8. The minimum absolute atomic E-state index is 0.200. The van der Waals surface area contributed by atoms with Crippen LogP contribution in [0.1, 0.15) is 20.1 Å². The van der Waals surface area contributed by atoms with E-state index < -0.39 is 5.79 Å². The van der Waals surface area contributed by atoms with Crippen LogP contribution < -0.4 is 11.5 Å². The van der Waals surface area contributed by atoms with Gasteiger partial charge in [-0.15, -0.1) is 0 Å². The molecular weight excluding hydrogens is 413 g/mol. The van der Waals surface area contributed by atoms with E-state index in [-0.39, 0.29) is 24.5 Å². The number of ether oxygens (including phenoxy) is 3. The van der Waals surface area contributed by atoms with E-state index in [4.69, 9.17) is 25.7 Å². The maximum absolute atomic E-state index is 6.10. The molecule has 0 spiro atoms. The molecule has 0 aliphatic carbocycles. The van der Waals surface area contributed by atoms with Crippen LogP contribution in [0.5, 0.6) is 0 Å². The predicted octanol–water partition coefficient (Wildman–Crippen LogP) is 0.994. The van der Waals surface area contributed by atoms with Gasteiger partial charge in [0, 0.05) is 16.3 Å². The number of hydrogen-bond donors (Lipinski definition) is 2. The van der Waals surface area contributed by atoms with Crippen LogP contribution in [0.25, 0.3) is 11.0 Å². The summed E-state index contributed by atoms with van der Waals surface area (Å²) in [6, 6.07) is 0. The molecule has 124 valence electrons. The number of halogens is 1. The largest absolute Gasteiger partial charge is 0.383 e.